The quantitative estimate of drug-likeness (QED) is 0.335. The number of rotatable bonds is 8. The van der Waals surface area contributed by atoms with Crippen LogP contribution >= 0.6 is 0 Å². The Balaban J connectivity index is 1.35. The van der Waals surface area contributed by atoms with E-state index >= 15 is 4.39 Å². The molecule has 9 heteroatoms. The molecule has 7 nitrogen and oxygen atoms in total. The standard InChI is InChI=1S/C32H34F2N4O3/c1-21-16-23(22-8-13-37(14-9-22)15-10-35)5-6-25(21)20-41-31-27(18-26(33)19-28(31)34)24-7-11-36-30(17-24)38-12-3-2-4-29(38)32(39)40/h5-7,11,16-19,22,29H,2-4,8-9,12-15,20H2,1H3,(H,39,40). The van der Waals surface area contributed by atoms with Gasteiger partial charge >= 0.3 is 5.97 Å². The number of aliphatic carboxylic acids is 1. The molecule has 5 rings (SSSR count). The van der Waals surface area contributed by atoms with Crippen molar-refractivity contribution >= 4 is 11.8 Å². The molecule has 2 aliphatic rings. The lowest BCUT2D eigenvalue weighted by Gasteiger charge is -2.34. The number of likely N-dealkylation sites (tertiary alicyclic amines) is 1. The molecule has 1 aromatic heterocycles. The average Bonchev–Trinajstić information content (AvgIpc) is 2.97. The number of hydrogen-bond donors (Lipinski definition) is 1. The van der Waals surface area contributed by atoms with Crippen LogP contribution in [-0.4, -0.2) is 53.2 Å². The lowest BCUT2D eigenvalue weighted by atomic mass is 9.88. The molecule has 2 fully saturated rings. The molecule has 2 saturated heterocycles. The maximum Gasteiger partial charge on any atom is 0.326 e. The Morgan fingerprint density at radius 1 is 1.10 bits per heavy atom. The number of carboxylic acid groups (broad SMARTS) is 1. The summed E-state index contributed by atoms with van der Waals surface area (Å²) in [7, 11) is 0. The third-order valence-electron chi connectivity index (χ3n) is 8.24. The lowest BCUT2D eigenvalue weighted by Crippen LogP contribution is -2.45. The highest BCUT2D eigenvalue weighted by Crippen LogP contribution is 2.37. The minimum Gasteiger partial charge on any atom is -0.485 e. The van der Waals surface area contributed by atoms with Crippen LogP contribution in [0, 0.1) is 29.9 Å². The van der Waals surface area contributed by atoms with E-state index < -0.39 is 23.6 Å². The summed E-state index contributed by atoms with van der Waals surface area (Å²) in [5.41, 5.74) is 3.92. The SMILES string of the molecule is Cc1cc(C2CCN(CC#N)CC2)ccc1COc1c(F)cc(F)cc1-c1ccnc(N2CCCCC2C(=O)O)c1. The zero-order chi connectivity index (χ0) is 28.9. The number of ether oxygens (including phenoxy) is 1. The number of benzene rings is 2. The zero-order valence-corrected chi connectivity index (χ0v) is 23.2. The fourth-order valence-electron chi connectivity index (χ4n) is 5.94. The number of carbonyl (C=O) groups is 1. The van der Waals surface area contributed by atoms with Crippen LogP contribution in [0.2, 0.25) is 0 Å². The van der Waals surface area contributed by atoms with Crippen molar-refractivity contribution in [3.63, 3.8) is 0 Å². The molecule has 3 aromatic rings. The summed E-state index contributed by atoms with van der Waals surface area (Å²) in [6.07, 6.45) is 5.71. The van der Waals surface area contributed by atoms with E-state index in [1.165, 1.54) is 17.8 Å². The van der Waals surface area contributed by atoms with Gasteiger partial charge in [0.25, 0.3) is 0 Å². The number of nitriles is 1. The molecule has 41 heavy (non-hydrogen) atoms. The van der Waals surface area contributed by atoms with E-state index in [1.54, 1.807) is 17.0 Å². The molecule has 3 heterocycles. The molecule has 2 aromatic carbocycles. The Bertz CT molecular complexity index is 1450. The van der Waals surface area contributed by atoms with E-state index in [4.69, 9.17) is 10.00 Å². The van der Waals surface area contributed by atoms with Crippen molar-refractivity contribution < 1.29 is 23.4 Å². The molecular formula is C32H34F2N4O3. The largest absolute Gasteiger partial charge is 0.485 e. The fourth-order valence-corrected chi connectivity index (χ4v) is 5.94. The second kappa shape index (κ2) is 12.6. The minimum atomic E-state index is -0.913. The van der Waals surface area contributed by atoms with Crippen LogP contribution in [0.5, 0.6) is 5.75 Å². The Hall–Kier alpha value is -4.03. The predicted octanol–water partition coefficient (Wildman–Crippen LogP) is 6.06. The van der Waals surface area contributed by atoms with Crippen molar-refractivity contribution in [2.45, 2.75) is 57.6 Å². The predicted molar refractivity (Wildman–Crippen MR) is 152 cm³/mol. The highest BCUT2D eigenvalue weighted by molar-refractivity contribution is 5.79. The van der Waals surface area contributed by atoms with Gasteiger partial charge in [0, 0.05) is 24.4 Å². The van der Waals surface area contributed by atoms with Gasteiger partial charge in [-0.05, 0) is 98.5 Å². The second-order valence-electron chi connectivity index (χ2n) is 10.9. The van der Waals surface area contributed by atoms with Gasteiger partial charge < -0.3 is 14.7 Å². The Kier molecular flexibility index (Phi) is 8.79. The molecular weight excluding hydrogens is 526 g/mol. The molecule has 1 atom stereocenters. The van der Waals surface area contributed by atoms with Crippen LogP contribution in [0.25, 0.3) is 11.1 Å². The van der Waals surface area contributed by atoms with Crippen molar-refractivity contribution in [3.8, 4) is 22.9 Å². The average molecular weight is 561 g/mol. The van der Waals surface area contributed by atoms with Crippen LogP contribution in [0.1, 0.15) is 54.7 Å². The number of pyridine rings is 1. The molecule has 0 radical (unpaired) electrons. The Morgan fingerprint density at radius 3 is 2.63 bits per heavy atom. The van der Waals surface area contributed by atoms with E-state index in [0.29, 0.717) is 36.8 Å². The number of aromatic nitrogens is 1. The molecule has 1 unspecified atom stereocenters. The summed E-state index contributed by atoms with van der Waals surface area (Å²) in [4.78, 5) is 20.1. The van der Waals surface area contributed by atoms with Crippen molar-refractivity contribution in [3.05, 3.63) is 77.0 Å². The molecule has 2 aliphatic heterocycles. The summed E-state index contributed by atoms with van der Waals surface area (Å²) >= 11 is 0. The highest BCUT2D eigenvalue weighted by Gasteiger charge is 2.30. The third kappa shape index (κ3) is 6.49. The van der Waals surface area contributed by atoms with E-state index in [-0.39, 0.29) is 17.9 Å². The zero-order valence-electron chi connectivity index (χ0n) is 23.2. The maximum absolute atomic E-state index is 15.1. The van der Waals surface area contributed by atoms with Crippen LogP contribution in [0.3, 0.4) is 0 Å². The third-order valence-corrected chi connectivity index (χ3v) is 8.24. The van der Waals surface area contributed by atoms with Crippen LogP contribution < -0.4 is 9.64 Å². The van der Waals surface area contributed by atoms with Gasteiger partial charge in [0.2, 0.25) is 0 Å². The van der Waals surface area contributed by atoms with Gasteiger partial charge in [0.05, 0.1) is 12.6 Å². The number of halogens is 2. The topological polar surface area (TPSA) is 89.7 Å². The molecule has 0 spiro atoms. The summed E-state index contributed by atoms with van der Waals surface area (Å²) in [6.45, 7) is 4.92. The lowest BCUT2D eigenvalue weighted by molar-refractivity contribution is -0.139. The number of nitrogens with zero attached hydrogens (tertiary/aromatic N) is 4. The van der Waals surface area contributed by atoms with Crippen LogP contribution in [-0.2, 0) is 11.4 Å². The van der Waals surface area contributed by atoms with E-state index in [0.717, 1.165) is 56.0 Å². The van der Waals surface area contributed by atoms with Gasteiger partial charge in [-0.25, -0.2) is 18.6 Å². The van der Waals surface area contributed by atoms with Crippen molar-refractivity contribution in [1.82, 2.24) is 9.88 Å². The van der Waals surface area contributed by atoms with Gasteiger partial charge in [-0.1, -0.05) is 18.2 Å². The second-order valence-corrected chi connectivity index (χ2v) is 10.9. The van der Waals surface area contributed by atoms with E-state index in [2.05, 4.69) is 28.1 Å². The first kappa shape index (κ1) is 28.5. The van der Waals surface area contributed by atoms with Crippen molar-refractivity contribution in [2.75, 3.05) is 31.1 Å². The highest BCUT2D eigenvalue weighted by atomic mass is 19.1. The molecule has 214 valence electrons. The summed E-state index contributed by atoms with van der Waals surface area (Å²) in [5.74, 6) is -1.63. The number of anilines is 1. The number of hydrogen-bond acceptors (Lipinski definition) is 6. The van der Waals surface area contributed by atoms with Crippen LogP contribution in [0.4, 0.5) is 14.6 Å². The number of aryl methyl sites for hydroxylation is 1. The smallest absolute Gasteiger partial charge is 0.326 e. The monoisotopic (exact) mass is 560 g/mol. The van der Waals surface area contributed by atoms with Gasteiger partial charge in [-0.15, -0.1) is 0 Å². The molecule has 0 amide bonds. The van der Waals surface area contributed by atoms with Gasteiger partial charge in [0.15, 0.2) is 11.6 Å². The van der Waals surface area contributed by atoms with Crippen LogP contribution in [0.15, 0.2) is 48.7 Å². The van der Waals surface area contributed by atoms with Gasteiger partial charge in [-0.2, -0.15) is 5.26 Å². The Labute approximate surface area is 239 Å². The molecule has 0 aliphatic carbocycles. The Morgan fingerprint density at radius 2 is 1.90 bits per heavy atom. The van der Waals surface area contributed by atoms with Gasteiger partial charge in [-0.3, -0.25) is 4.90 Å². The summed E-state index contributed by atoms with van der Waals surface area (Å²) in [5, 5.41) is 18.6. The summed E-state index contributed by atoms with van der Waals surface area (Å²) < 4.78 is 35.5. The maximum atomic E-state index is 15.1. The first-order valence-electron chi connectivity index (χ1n) is 14.1. The minimum absolute atomic E-state index is 0.0645. The van der Waals surface area contributed by atoms with Crippen molar-refractivity contribution in [1.29, 1.82) is 5.26 Å². The van der Waals surface area contributed by atoms with Crippen molar-refractivity contribution in [2.24, 2.45) is 0 Å². The molecule has 1 N–H and O–H groups in total. The molecule has 0 bridgehead atoms. The summed E-state index contributed by atoms with van der Waals surface area (Å²) in [6, 6.07) is 13.1. The van der Waals surface area contributed by atoms with Gasteiger partial charge in [0.1, 0.15) is 24.3 Å². The molecule has 0 saturated carbocycles. The van der Waals surface area contributed by atoms with E-state index in [1.807, 2.05) is 13.0 Å². The fraction of sp³-hybridized carbons (Fsp3) is 0.406. The first-order valence-corrected chi connectivity index (χ1v) is 14.1. The first-order chi connectivity index (χ1) is 19.8. The number of carboxylic acids is 1. The normalized spacial score (nSPS) is 18.2. The van der Waals surface area contributed by atoms with E-state index in [9.17, 15) is 14.3 Å². The number of piperidine rings is 2.